The molecule has 0 bridgehead atoms. The molecule has 0 spiro atoms. The molecule has 2 amide bonds. The Labute approximate surface area is 156 Å². The second-order valence-corrected chi connectivity index (χ2v) is 7.32. The minimum Gasteiger partial charge on any atom is -0.373 e. The van der Waals surface area contributed by atoms with E-state index >= 15 is 0 Å². The summed E-state index contributed by atoms with van der Waals surface area (Å²) >= 11 is 0. The van der Waals surface area contributed by atoms with Gasteiger partial charge >= 0.3 is 6.03 Å². The largest absolute Gasteiger partial charge is 0.373 e. The van der Waals surface area contributed by atoms with E-state index in [1.807, 2.05) is 23.2 Å². The Kier molecular flexibility index (Phi) is 7.26. The van der Waals surface area contributed by atoms with Gasteiger partial charge in [-0.2, -0.15) is 0 Å². The summed E-state index contributed by atoms with van der Waals surface area (Å²) in [6.07, 6.45) is 9.39. The molecule has 0 unspecified atom stereocenters. The maximum Gasteiger partial charge on any atom is 0.317 e. The molecule has 2 aliphatic rings. The number of nitrogens with one attached hydrogen (secondary N) is 1. The number of urea groups is 1. The van der Waals surface area contributed by atoms with Gasteiger partial charge in [0.15, 0.2) is 0 Å². The van der Waals surface area contributed by atoms with Gasteiger partial charge in [0.25, 0.3) is 0 Å². The Morgan fingerprint density at radius 1 is 1.27 bits per heavy atom. The van der Waals surface area contributed by atoms with Crippen molar-refractivity contribution in [2.24, 2.45) is 0 Å². The van der Waals surface area contributed by atoms with Gasteiger partial charge in [0, 0.05) is 38.1 Å². The third kappa shape index (κ3) is 5.42. The first-order chi connectivity index (χ1) is 12.8. The Morgan fingerprint density at radius 2 is 2.12 bits per heavy atom. The number of carbonyl (C=O) groups excluding carboxylic acids is 1. The standard InChI is InChI=1S/C20H32N4O2/c1-2-23-11-4-3-7-18(23)15-22-20(25)24-12-8-19(9-13-24)26-16-17-6-5-10-21-14-17/h5-6,10,14,18-19H,2-4,7-9,11-13,15-16H2,1H3,(H,22,25)/t18-/m0/s1. The van der Waals surface area contributed by atoms with Crippen LogP contribution in [0.1, 0.15) is 44.6 Å². The summed E-state index contributed by atoms with van der Waals surface area (Å²) in [6.45, 7) is 7.34. The number of amides is 2. The van der Waals surface area contributed by atoms with Crippen LogP contribution in [-0.4, -0.2) is 65.7 Å². The van der Waals surface area contributed by atoms with Crippen LogP contribution >= 0.6 is 0 Å². The fraction of sp³-hybridized carbons (Fsp3) is 0.700. The smallest absolute Gasteiger partial charge is 0.317 e. The summed E-state index contributed by atoms with van der Waals surface area (Å²) in [5.74, 6) is 0. The second-order valence-electron chi connectivity index (χ2n) is 7.32. The van der Waals surface area contributed by atoms with E-state index in [9.17, 15) is 4.79 Å². The van der Waals surface area contributed by atoms with Gasteiger partial charge < -0.3 is 15.0 Å². The zero-order chi connectivity index (χ0) is 18.2. The van der Waals surface area contributed by atoms with E-state index in [1.165, 1.54) is 19.3 Å². The van der Waals surface area contributed by atoms with Crippen molar-refractivity contribution in [1.29, 1.82) is 0 Å². The summed E-state index contributed by atoms with van der Waals surface area (Å²) in [5, 5.41) is 3.16. The van der Waals surface area contributed by atoms with Crippen LogP contribution in [0.3, 0.4) is 0 Å². The zero-order valence-corrected chi connectivity index (χ0v) is 15.9. The lowest BCUT2D eigenvalue weighted by Gasteiger charge is -2.36. The van der Waals surface area contributed by atoms with Gasteiger partial charge in [-0.05, 0) is 50.4 Å². The van der Waals surface area contributed by atoms with E-state index in [2.05, 4.69) is 22.1 Å². The van der Waals surface area contributed by atoms with Crippen LogP contribution in [0.15, 0.2) is 24.5 Å². The van der Waals surface area contributed by atoms with Gasteiger partial charge in [0.2, 0.25) is 0 Å². The van der Waals surface area contributed by atoms with Gasteiger partial charge in [-0.3, -0.25) is 9.88 Å². The molecule has 1 atom stereocenters. The van der Waals surface area contributed by atoms with Crippen molar-refractivity contribution >= 4 is 6.03 Å². The van der Waals surface area contributed by atoms with E-state index in [1.54, 1.807) is 6.20 Å². The number of hydrogen-bond donors (Lipinski definition) is 1. The number of carbonyl (C=O) groups is 1. The molecule has 0 radical (unpaired) electrons. The molecule has 3 rings (SSSR count). The Hall–Kier alpha value is -1.66. The van der Waals surface area contributed by atoms with Crippen molar-refractivity contribution in [2.75, 3.05) is 32.7 Å². The molecular formula is C20H32N4O2. The first kappa shape index (κ1) is 19.1. The van der Waals surface area contributed by atoms with Crippen molar-refractivity contribution in [3.05, 3.63) is 30.1 Å². The van der Waals surface area contributed by atoms with E-state index in [0.29, 0.717) is 12.6 Å². The van der Waals surface area contributed by atoms with Crippen molar-refractivity contribution in [3.63, 3.8) is 0 Å². The van der Waals surface area contributed by atoms with E-state index < -0.39 is 0 Å². The maximum absolute atomic E-state index is 12.5. The molecule has 0 aromatic carbocycles. The van der Waals surface area contributed by atoms with Crippen molar-refractivity contribution in [2.45, 2.75) is 57.8 Å². The van der Waals surface area contributed by atoms with E-state index in [0.717, 1.165) is 51.1 Å². The van der Waals surface area contributed by atoms with Crippen LogP contribution in [0.4, 0.5) is 4.79 Å². The maximum atomic E-state index is 12.5. The fourth-order valence-corrected chi connectivity index (χ4v) is 3.95. The number of piperidine rings is 2. The van der Waals surface area contributed by atoms with E-state index in [4.69, 9.17) is 4.74 Å². The number of hydrogen-bond acceptors (Lipinski definition) is 4. The fourth-order valence-electron chi connectivity index (χ4n) is 3.95. The highest BCUT2D eigenvalue weighted by Gasteiger charge is 2.25. The molecule has 26 heavy (non-hydrogen) atoms. The molecule has 1 aromatic heterocycles. The average Bonchev–Trinajstić information content (AvgIpc) is 2.72. The SMILES string of the molecule is CCN1CCCC[C@H]1CNC(=O)N1CCC(OCc2cccnc2)CC1. The summed E-state index contributed by atoms with van der Waals surface area (Å²) in [7, 11) is 0. The Bertz CT molecular complexity index is 546. The van der Waals surface area contributed by atoms with Crippen LogP contribution in [0.5, 0.6) is 0 Å². The van der Waals surface area contributed by atoms with Crippen molar-refractivity contribution in [1.82, 2.24) is 20.1 Å². The highest BCUT2D eigenvalue weighted by molar-refractivity contribution is 5.74. The number of aromatic nitrogens is 1. The van der Waals surface area contributed by atoms with Gasteiger partial charge in [-0.25, -0.2) is 4.79 Å². The number of nitrogens with zero attached hydrogens (tertiary/aromatic N) is 3. The molecule has 0 aliphatic carbocycles. The van der Waals surface area contributed by atoms with Gasteiger partial charge in [-0.1, -0.05) is 19.4 Å². The van der Waals surface area contributed by atoms with Gasteiger partial charge in [0.05, 0.1) is 12.7 Å². The first-order valence-corrected chi connectivity index (χ1v) is 10.0. The topological polar surface area (TPSA) is 57.7 Å². The van der Waals surface area contributed by atoms with Crippen LogP contribution in [0.2, 0.25) is 0 Å². The second kappa shape index (κ2) is 9.88. The summed E-state index contributed by atoms with van der Waals surface area (Å²) in [6, 6.07) is 4.54. The van der Waals surface area contributed by atoms with Crippen LogP contribution in [-0.2, 0) is 11.3 Å². The minimum absolute atomic E-state index is 0.0809. The summed E-state index contributed by atoms with van der Waals surface area (Å²) < 4.78 is 5.98. The summed E-state index contributed by atoms with van der Waals surface area (Å²) in [4.78, 5) is 21.0. The van der Waals surface area contributed by atoms with Crippen LogP contribution in [0.25, 0.3) is 0 Å². The molecule has 144 valence electrons. The van der Waals surface area contributed by atoms with Gasteiger partial charge in [0.1, 0.15) is 0 Å². The molecule has 0 saturated carbocycles. The third-order valence-corrected chi connectivity index (χ3v) is 5.58. The molecule has 3 heterocycles. The number of likely N-dealkylation sites (N-methyl/N-ethyl adjacent to an activating group) is 1. The Morgan fingerprint density at radius 3 is 2.85 bits per heavy atom. The third-order valence-electron chi connectivity index (χ3n) is 5.58. The zero-order valence-electron chi connectivity index (χ0n) is 15.9. The first-order valence-electron chi connectivity index (χ1n) is 10.0. The highest BCUT2D eigenvalue weighted by atomic mass is 16.5. The van der Waals surface area contributed by atoms with Crippen molar-refractivity contribution in [3.8, 4) is 0 Å². The number of likely N-dealkylation sites (tertiary alicyclic amines) is 2. The van der Waals surface area contributed by atoms with Crippen LogP contribution in [0, 0.1) is 0 Å². The van der Waals surface area contributed by atoms with Crippen LogP contribution < -0.4 is 5.32 Å². The van der Waals surface area contributed by atoms with Crippen molar-refractivity contribution < 1.29 is 9.53 Å². The van der Waals surface area contributed by atoms with E-state index in [-0.39, 0.29) is 12.1 Å². The normalized spacial score (nSPS) is 22.3. The molecule has 6 heteroatoms. The monoisotopic (exact) mass is 360 g/mol. The predicted molar refractivity (Wildman–Crippen MR) is 102 cm³/mol. The molecular weight excluding hydrogens is 328 g/mol. The Balaban J connectivity index is 1.35. The lowest BCUT2D eigenvalue weighted by Crippen LogP contribution is -2.51. The average molecular weight is 361 g/mol. The number of ether oxygens (including phenoxy) is 1. The molecule has 1 aromatic rings. The molecule has 2 saturated heterocycles. The lowest BCUT2D eigenvalue weighted by molar-refractivity contribution is 0.00420. The van der Waals surface area contributed by atoms with Gasteiger partial charge in [-0.15, -0.1) is 0 Å². The quantitative estimate of drug-likeness (QED) is 0.847. The molecule has 6 nitrogen and oxygen atoms in total. The predicted octanol–water partition coefficient (Wildman–Crippen LogP) is 2.65. The number of rotatable bonds is 6. The molecule has 2 aliphatic heterocycles. The molecule has 1 N–H and O–H groups in total. The number of pyridine rings is 1. The summed E-state index contributed by atoms with van der Waals surface area (Å²) in [5.41, 5.74) is 1.10. The highest BCUT2D eigenvalue weighted by Crippen LogP contribution is 2.17. The lowest BCUT2D eigenvalue weighted by atomic mass is 10.0. The molecule has 2 fully saturated rings. The minimum atomic E-state index is 0.0809.